The van der Waals surface area contributed by atoms with Crippen LogP contribution in [-0.4, -0.2) is 66.0 Å². The Morgan fingerprint density at radius 2 is 1.80 bits per heavy atom. The molecule has 1 unspecified atom stereocenters. The molecule has 0 spiro atoms. The molecule has 0 radical (unpaired) electrons. The minimum Gasteiger partial charge on any atom is -0.508 e. The van der Waals surface area contributed by atoms with Crippen molar-refractivity contribution in [3.63, 3.8) is 0 Å². The second kappa shape index (κ2) is 14.1. The Bertz CT molecular complexity index is 1630. The number of hydrogen-bond acceptors (Lipinski definition) is 9. The van der Waals surface area contributed by atoms with E-state index in [2.05, 4.69) is 46.2 Å². The number of anilines is 1. The monoisotopic (exact) mass is 643 g/mol. The summed E-state index contributed by atoms with van der Waals surface area (Å²) in [5.41, 5.74) is 3.83. The predicted octanol–water partition coefficient (Wildman–Crippen LogP) is 5.34. The van der Waals surface area contributed by atoms with Crippen LogP contribution in [0.4, 0.5) is 5.69 Å². The number of carbonyl (C=O) groups is 1. The molecule has 9 nitrogen and oxygen atoms in total. The quantitative estimate of drug-likeness (QED) is 0.104. The molecule has 242 valence electrons. The lowest BCUT2D eigenvalue weighted by molar-refractivity contribution is -0.118. The molecule has 6 rings (SSSR count). The normalized spacial score (nSPS) is 16.7. The summed E-state index contributed by atoms with van der Waals surface area (Å²) < 4.78 is 11.5. The summed E-state index contributed by atoms with van der Waals surface area (Å²) in [6.45, 7) is 3.24. The first kappa shape index (κ1) is 31.9. The van der Waals surface area contributed by atoms with Crippen molar-refractivity contribution in [3.8, 4) is 23.0 Å². The molecule has 3 aromatic carbocycles. The SMILES string of the molecule is CN1CCC(c2cccs2)(c2cc(CCCOc3ccc(CNCC(O)c4ccc(O)c5c4OCC(=O)N5)cc3)ccc2O)CC1. The molecule has 1 aromatic heterocycles. The summed E-state index contributed by atoms with van der Waals surface area (Å²) in [5, 5.41) is 39.7. The third-order valence-corrected chi connectivity index (χ3v) is 10.1. The number of amides is 1. The fraction of sp³-hybridized carbons (Fsp3) is 0.361. The Kier molecular flexibility index (Phi) is 9.79. The smallest absolute Gasteiger partial charge is 0.262 e. The van der Waals surface area contributed by atoms with E-state index in [0.717, 1.165) is 55.6 Å². The van der Waals surface area contributed by atoms with Gasteiger partial charge in [-0.1, -0.05) is 30.3 Å². The van der Waals surface area contributed by atoms with E-state index >= 15 is 0 Å². The lowest BCUT2D eigenvalue weighted by atomic mass is 9.71. The fourth-order valence-corrected chi connectivity index (χ4v) is 7.40. The number of benzene rings is 3. The molecule has 3 heterocycles. The molecule has 2 aliphatic heterocycles. The van der Waals surface area contributed by atoms with Gasteiger partial charge < -0.3 is 40.3 Å². The zero-order chi connectivity index (χ0) is 32.1. The van der Waals surface area contributed by atoms with Crippen LogP contribution in [0.3, 0.4) is 0 Å². The van der Waals surface area contributed by atoms with E-state index in [-0.39, 0.29) is 35.9 Å². The number of hydrogen-bond donors (Lipinski definition) is 5. The van der Waals surface area contributed by atoms with Crippen LogP contribution < -0.4 is 20.1 Å². The Morgan fingerprint density at radius 3 is 2.57 bits per heavy atom. The number of nitrogens with zero attached hydrogens (tertiary/aromatic N) is 1. The van der Waals surface area contributed by atoms with E-state index in [0.29, 0.717) is 30.2 Å². The average molecular weight is 644 g/mol. The molecule has 0 aliphatic carbocycles. The van der Waals surface area contributed by atoms with Gasteiger partial charge in [-0.3, -0.25) is 4.79 Å². The third kappa shape index (κ3) is 7.00. The maximum atomic E-state index is 11.6. The minimum atomic E-state index is -0.887. The van der Waals surface area contributed by atoms with Crippen LogP contribution in [-0.2, 0) is 23.2 Å². The molecular weight excluding hydrogens is 602 g/mol. The summed E-state index contributed by atoms with van der Waals surface area (Å²) >= 11 is 1.78. The highest BCUT2D eigenvalue weighted by atomic mass is 32.1. The van der Waals surface area contributed by atoms with Crippen molar-refractivity contribution in [2.45, 2.75) is 43.7 Å². The minimum absolute atomic E-state index is 0.102. The van der Waals surface area contributed by atoms with E-state index in [1.165, 1.54) is 16.5 Å². The lowest BCUT2D eigenvalue weighted by Gasteiger charge is -2.41. The van der Waals surface area contributed by atoms with E-state index in [1.807, 2.05) is 36.4 Å². The van der Waals surface area contributed by atoms with Crippen molar-refractivity contribution in [2.75, 3.05) is 45.2 Å². The van der Waals surface area contributed by atoms with Crippen LogP contribution >= 0.6 is 11.3 Å². The van der Waals surface area contributed by atoms with Crippen LogP contribution in [0.25, 0.3) is 0 Å². The molecule has 1 atom stereocenters. The number of phenolic OH excluding ortho intramolecular Hbond substituents is 2. The number of aliphatic hydroxyl groups excluding tert-OH is 1. The Balaban J connectivity index is 0.982. The number of thiophene rings is 1. The molecule has 0 bridgehead atoms. The number of likely N-dealkylation sites (tertiary alicyclic amines) is 1. The number of aliphatic hydroxyl groups is 1. The summed E-state index contributed by atoms with van der Waals surface area (Å²) in [7, 11) is 2.16. The molecule has 1 fully saturated rings. The number of aryl methyl sites for hydroxylation is 1. The molecule has 4 aromatic rings. The number of rotatable bonds is 12. The number of aromatic hydroxyl groups is 2. The van der Waals surface area contributed by atoms with Gasteiger partial charge in [0.25, 0.3) is 5.91 Å². The van der Waals surface area contributed by atoms with Crippen molar-refractivity contribution in [1.29, 1.82) is 0 Å². The molecule has 0 saturated carbocycles. The topological polar surface area (TPSA) is 124 Å². The highest BCUT2D eigenvalue weighted by Crippen LogP contribution is 2.47. The number of nitrogens with one attached hydrogen (secondary N) is 2. The van der Waals surface area contributed by atoms with Gasteiger partial charge in [0.15, 0.2) is 12.4 Å². The molecule has 46 heavy (non-hydrogen) atoms. The zero-order valence-corrected chi connectivity index (χ0v) is 26.8. The van der Waals surface area contributed by atoms with Crippen LogP contribution in [0.5, 0.6) is 23.0 Å². The lowest BCUT2D eigenvalue weighted by Crippen LogP contribution is -2.41. The van der Waals surface area contributed by atoms with Gasteiger partial charge in [0.2, 0.25) is 0 Å². The maximum Gasteiger partial charge on any atom is 0.262 e. The molecule has 1 amide bonds. The number of fused-ring (bicyclic) bond motifs is 1. The van der Waals surface area contributed by atoms with E-state index in [9.17, 15) is 20.1 Å². The molecule has 10 heteroatoms. The van der Waals surface area contributed by atoms with Gasteiger partial charge in [-0.2, -0.15) is 0 Å². The highest BCUT2D eigenvalue weighted by Gasteiger charge is 2.40. The van der Waals surface area contributed by atoms with Crippen molar-refractivity contribution < 1.29 is 29.6 Å². The predicted molar refractivity (Wildman–Crippen MR) is 179 cm³/mol. The zero-order valence-electron chi connectivity index (χ0n) is 26.0. The van der Waals surface area contributed by atoms with Crippen LogP contribution in [0.15, 0.2) is 72.1 Å². The second-order valence-corrected chi connectivity index (χ2v) is 13.1. The fourth-order valence-electron chi connectivity index (χ4n) is 6.39. The van der Waals surface area contributed by atoms with E-state index in [1.54, 1.807) is 17.4 Å². The summed E-state index contributed by atoms with van der Waals surface area (Å²) in [6, 6.07) is 21.3. The number of carbonyl (C=O) groups excluding carboxylic acids is 1. The molecule has 1 saturated heterocycles. The van der Waals surface area contributed by atoms with Gasteiger partial charge in [0, 0.05) is 34.5 Å². The van der Waals surface area contributed by atoms with Crippen molar-refractivity contribution in [3.05, 3.63) is 99.2 Å². The first-order chi connectivity index (χ1) is 22.3. The summed E-state index contributed by atoms with van der Waals surface area (Å²) in [6.07, 6.45) is 2.81. The number of ether oxygens (including phenoxy) is 2. The Morgan fingerprint density at radius 1 is 1.04 bits per heavy atom. The van der Waals surface area contributed by atoms with Crippen LogP contribution in [0.1, 0.15) is 52.5 Å². The molecule has 2 aliphatic rings. The second-order valence-electron chi connectivity index (χ2n) is 12.2. The Labute approximate surface area is 273 Å². The third-order valence-electron chi connectivity index (χ3n) is 9.02. The molecule has 5 N–H and O–H groups in total. The summed E-state index contributed by atoms with van der Waals surface area (Å²) in [4.78, 5) is 15.3. The Hall–Kier alpha value is -4.09. The van der Waals surface area contributed by atoms with Gasteiger partial charge in [0.05, 0.1) is 12.7 Å². The molecular formula is C36H41N3O6S. The first-order valence-electron chi connectivity index (χ1n) is 15.8. The van der Waals surface area contributed by atoms with Gasteiger partial charge >= 0.3 is 0 Å². The number of piperidine rings is 1. The van der Waals surface area contributed by atoms with Crippen molar-refractivity contribution in [2.24, 2.45) is 0 Å². The standard InChI is InChI=1S/C36H41N3O6S/c1-39-16-14-36(15-17-39,32-5-3-19-46-32)28-20-24(8-12-29(28)40)4-2-18-44-26-9-6-25(7-10-26)21-37-22-31(42)27-11-13-30(41)34-35(27)45-23-33(43)38-34/h3,5-13,19-20,31,37,40-42H,2,4,14-18,21-23H2,1H3,(H,38,43). The summed E-state index contributed by atoms with van der Waals surface area (Å²) in [5.74, 6) is 1.02. The first-order valence-corrected chi connectivity index (χ1v) is 16.6. The highest BCUT2D eigenvalue weighted by molar-refractivity contribution is 7.10. The van der Waals surface area contributed by atoms with Gasteiger partial charge in [-0.15, -0.1) is 11.3 Å². The van der Waals surface area contributed by atoms with E-state index in [4.69, 9.17) is 9.47 Å². The number of phenols is 2. The maximum absolute atomic E-state index is 11.6. The van der Waals surface area contributed by atoms with Gasteiger partial charge in [-0.25, -0.2) is 0 Å². The van der Waals surface area contributed by atoms with Gasteiger partial charge in [-0.05, 0) is 98.7 Å². The van der Waals surface area contributed by atoms with E-state index < -0.39 is 6.10 Å². The average Bonchev–Trinajstić information content (AvgIpc) is 3.61. The van der Waals surface area contributed by atoms with Crippen molar-refractivity contribution >= 4 is 22.9 Å². The van der Waals surface area contributed by atoms with Crippen molar-refractivity contribution in [1.82, 2.24) is 10.2 Å². The van der Waals surface area contributed by atoms with Crippen LogP contribution in [0, 0.1) is 0 Å². The largest absolute Gasteiger partial charge is 0.508 e. The van der Waals surface area contributed by atoms with Crippen LogP contribution in [0.2, 0.25) is 0 Å². The van der Waals surface area contributed by atoms with Gasteiger partial charge in [0.1, 0.15) is 22.9 Å².